The Bertz CT molecular complexity index is 1300. The third-order valence-electron chi connectivity index (χ3n) is 5.09. The zero-order valence-corrected chi connectivity index (χ0v) is 20.3. The van der Waals surface area contributed by atoms with Crippen LogP contribution in [0.3, 0.4) is 0 Å². The number of carbonyl (C=O) groups is 2. The fourth-order valence-electron chi connectivity index (χ4n) is 3.31. The van der Waals surface area contributed by atoms with E-state index in [1.54, 1.807) is 6.07 Å². The summed E-state index contributed by atoms with van der Waals surface area (Å²) >= 11 is 2.92. The number of aromatic nitrogens is 1. The summed E-state index contributed by atoms with van der Waals surface area (Å²) in [7, 11) is 0. The zero-order valence-electron chi connectivity index (χ0n) is 18.7. The van der Waals surface area contributed by atoms with Crippen molar-refractivity contribution in [2.24, 2.45) is 0 Å². The minimum atomic E-state index is -0.143. The van der Waals surface area contributed by atoms with Gasteiger partial charge in [0.05, 0.1) is 16.0 Å². The summed E-state index contributed by atoms with van der Waals surface area (Å²) < 4.78 is 1.78. The number of thiazole rings is 1. The van der Waals surface area contributed by atoms with Gasteiger partial charge in [-0.15, -0.1) is 11.3 Å². The molecule has 0 fully saturated rings. The van der Waals surface area contributed by atoms with Crippen LogP contribution in [0.2, 0.25) is 0 Å². The van der Waals surface area contributed by atoms with E-state index in [0.29, 0.717) is 11.5 Å². The summed E-state index contributed by atoms with van der Waals surface area (Å²) in [6, 6.07) is 21.1. The van der Waals surface area contributed by atoms with Crippen LogP contribution in [-0.2, 0) is 4.79 Å². The van der Waals surface area contributed by atoms with Crippen LogP contribution in [0.15, 0.2) is 71.1 Å². The maximum atomic E-state index is 12.5. The molecular formula is C26H25N3O2S2. The molecule has 168 valence electrons. The summed E-state index contributed by atoms with van der Waals surface area (Å²) in [6.45, 7) is 6.24. The predicted octanol–water partition coefficient (Wildman–Crippen LogP) is 6.71. The molecule has 0 saturated heterocycles. The van der Waals surface area contributed by atoms with Crippen LogP contribution in [0, 0.1) is 6.92 Å². The van der Waals surface area contributed by atoms with Gasteiger partial charge in [-0.1, -0.05) is 55.4 Å². The molecule has 2 amide bonds. The molecule has 0 aliphatic heterocycles. The molecule has 4 rings (SSSR count). The fourth-order valence-corrected chi connectivity index (χ4v) is 5.22. The molecule has 0 spiro atoms. The molecule has 33 heavy (non-hydrogen) atoms. The van der Waals surface area contributed by atoms with Crippen molar-refractivity contribution in [2.45, 2.75) is 31.0 Å². The van der Waals surface area contributed by atoms with E-state index in [1.165, 1.54) is 28.7 Å². The first-order valence-corrected chi connectivity index (χ1v) is 12.5. The van der Waals surface area contributed by atoms with Crippen LogP contribution in [0.1, 0.15) is 41.3 Å². The average molecular weight is 476 g/mol. The van der Waals surface area contributed by atoms with Gasteiger partial charge in [-0.3, -0.25) is 9.59 Å². The summed E-state index contributed by atoms with van der Waals surface area (Å²) in [5.74, 6) is 0.529. The van der Waals surface area contributed by atoms with Crippen LogP contribution in [0.5, 0.6) is 0 Å². The van der Waals surface area contributed by atoms with E-state index in [1.807, 2.05) is 67.6 Å². The Balaban J connectivity index is 1.36. The summed E-state index contributed by atoms with van der Waals surface area (Å²) in [5.41, 5.74) is 5.27. The molecule has 0 aliphatic rings. The van der Waals surface area contributed by atoms with Crippen molar-refractivity contribution in [3.05, 3.63) is 83.4 Å². The monoisotopic (exact) mass is 475 g/mol. The van der Waals surface area contributed by atoms with Gasteiger partial charge in [-0.2, -0.15) is 0 Å². The Labute approximate surface area is 201 Å². The standard InChI is InChI=1S/C26H25N3O2S2/c1-16(2)18-7-9-20(10-8-18)27-24(30)15-32-26-29-22-12-11-21(14-23(22)33-26)28-25(31)19-6-4-5-17(3)13-19/h4-14,16H,15H2,1-3H3,(H,27,30)(H,28,31). The number of carbonyl (C=O) groups excluding carboxylic acids is 2. The largest absolute Gasteiger partial charge is 0.325 e. The Hall–Kier alpha value is -3.16. The van der Waals surface area contributed by atoms with Crippen LogP contribution >= 0.6 is 23.1 Å². The molecule has 0 saturated carbocycles. The molecule has 0 unspecified atom stereocenters. The smallest absolute Gasteiger partial charge is 0.255 e. The first-order chi connectivity index (χ1) is 15.9. The van der Waals surface area contributed by atoms with E-state index in [4.69, 9.17) is 0 Å². The highest BCUT2D eigenvalue weighted by Gasteiger charge is 2.11. The molecule has 1 aromatic heterocycles. The normalized spacial score (nSPS) is 11.0. The molecule has 0 bridgehead atoms. The molecule has 0 radical (unpaired) electrons. The molecule has 4 aromatic rings. The molecule has 3 aromatic carbocycles. The number of hydrogen-bond acceptors (Lipinski definition) is 5. The predicted molar refractivity (Wildman–Crippen MR) is 139 cm³/mol. The first-order valence-electron chi connectivity index (χ1n) is 10.7. The van der Waals surface area contributed by atoms with Crippen LogP contribution in [-0.4, -0.2) is 22.6 Å². The first kappa shape index (κ1) is 23.0. The number of nitrogens with one attached hydrogen (secondary N) is 2. The lowest BCUT2D eigenvalue weighted by molar-refractivity contribution is -0.113. The molecule has 1 heterocycles. The number of amides is 2. The van der Waals surface area contributed by atoms with Gasteiger partial charge in [0.2, 0.25) is 5.91 Å². The van der Waals surface area contributed by atoms with Crippen molar-refractivity contribution in [1.29, 1.82) is 0 Å². The van der Waals surface area contributed by atoms with E-state index < -0.39 is 0 Å². The van der Waals surface area contributed by atoms with Gasteiger partial charge < -0.3 is 10.6 Å². The summed E-state index contributed by atoms with van der Waals surface area (Å²) in [4.78, 5) is 29.5. The van der Waals surface area contributed by atoms with Gasteiger partial charge in [0.25, 0.3) is 5.91 Å². The number of fused-ring (bicyclic) bond motifs is 1. The second kappa shape index (κ2) is 10.2. The fraction of sp³-hybridized carbons (Fsp3) is 0.192. The lowest BCUT2D eigenvalue weighted by Gasteiger charge is -2.08. The topological polar surface area (TPSA) is 71.1 Å². The summed E-state index contributed by atoms with van der Waals surface area (Å²) in [6.07, 6.45) is 0. The maximum absolute atomic E-state index is 12.5. The molecule has 7 heteroatoms. The van der Waals surface area contributed by atoms with Gasteiger partial charge in [-0.25, -0.2) is 4.98 Å². The van der Waals surface area contributed by atoms with Crippen molar-refractivity contribution >= 4 is 56.5 Å². The number of thioether (sulfide) groups is 1. The number of aryl methyl sites for hydroxylation is 1. The van der Waals surface area contributed by atoms with Crippen molar-refractivity contribution in [2.75, 3.05) is 16.4 Å². The van der Waals surface area contributed by atoms with Crippen LogP contribution < -0.4 is 10.6 Å². The maximum Gasteiger partial charge on any atom is 0.255 e. The highest BCUT2D eigenvalue weighted by atomic mass is 32.2. The Morgan fingerprint density at radius 1 is 0.970 bits per heavy atom. The number of benzene rings is 3. The van der Waals surface area contributed by atoms with E-state index in [9.17, 15) is 9.59 Å². The van der Waals surface area contributed by atoms with Gasteiger partial charge in [0.15, 0.2) is 4.34 Å². The molecular weight excluding hydrogens is 450 g/mol. The molecule has 0 atom stereocenters. The number of rotatable bonds is 7. The number of anilines is 2. The lowest BCUT2D eigenvalue weighted by atomic mass is 10.0. The Morgan fingerprint density at radius 2 is 1.73 bits per heavy atom. The van der Waals surface area contributed by atoms with Crippen molar-refractivity contribution in [3.63, 3.8) is 0 Å². The quantitative estimate of drug-likeness (QED) is 0.291. The third-order valence-corrected chi connectivity index (χ3v) is 7.26. The Morgan fingerprint density at radius 3 is 2.45 bits per heavy atom. The van der Waals surface area contributed by atoms with Crippen molar-refractivity contribution in [3.8, 4) is 0 Å². The van der Waals surface area contributed by atoms with E-state index >= 15 is 0 Å². The third kappa shape index (κ3) is 6.00. The highest BCUT2D eigenvalue weighted by Crippen LogP contribution is 2.31. The minimum absolute atomic E-state index is 0.0670. The van der Waals surface area contributed by atoms with E-state index in [0.717, 1.165) is 31.5 Å². The average Bonchev–Trinajstić information content (AvgIpc) is 3.20. The van der Waals surface area contributed by atoms with Crippen molar-refractivity contribution < 1.29 is 9.59 Å². The van der Waals surface area contributed by atoms with E-state index in [2.05, 4.69) is 29.5 Å². The van der Waals surface area contributed by atoms with Crippen LogP contribution in [0.25, 0.3) is 10.2 Å². The van der Waals surface area contributed by atoms with E-state index in [-0.39, 0.29) is 17.6 Å². The summed E-state index contributed by atoms with van der Waals surface area (Å²) in [5, 5.41) is 5.88. The minimum Gasteiger partial charge on any atom is -0.325 e. The lowest BCUT2D eigenvalue weighted by Crippen LogP contribution is -2.13. The zero-order chi connectivity index (χ0) is 23.4. The van der Waals surface area contributed by atoms with Gasteiger partial charge in [0, 0.05) is 16.9 Å². The SMILES string of the molecule is Cc1cccc(C(=O)Nc2ccc3nc(SCC(=O)Nc4ccc(C(C)C)cc4)sc3c2)c1. The highest BCUT2D eigenvalue weighted by molar-refractivity contribution is 8.01. The molecule has 5 nitrogen and oxygen atoms in total. The number of nitrogens with zero attached hydrogens (tertiary/aromatic N) is 1. The Kier molecular flexibility index (Phi) is 7.11. The van der Waals surface area contributed by atoms with Crippen molar-refractivity contribution in [1.82, 2.24) is 4.98 Å². The molecule has 0 aliphatic carbocycles. The number of hydrogen-bond donors (Lipinski definition) is 2. The molecule has 2 N–H and O–H groups in total. The van der Waals surface area contributed by atoms with Gasteiger partial charge in [-0.05, 0) is 60.9 Å². The second-order valence-corrected chi connectivity index (χ2v) is 10.4. The second-order valence-electron chi connectivity index (χ2n) is 8.10. The van der Waals surface area contributed by atoms with Crippen LogP contribution in [0.4, 0.5) is 11.4 Å². The van der Waals surface area contributed by atoms with Gasteiger partial charge in [0.1, 0.15) is 0 Å². The van der Waals surface area contributed by atoms with Gasteiger partial charge >= 0.3 is 0 Å².